The molecule has 3 rings (SSSR count). The molecule has 0 fully saturated rings. The molecule has 9 nitrogen and oxygen atoms in total. The van der Waals surface area contributed by atoms with E-state index in [1.165, 1.54) is 30.3 Å². The molecule has 0 atom stereocenters. The Labute approximate surface area is 177 Å². The van der Waals surface area contributed by atoms with Crippen LogP contribution >= 0.6 is 11.6 Å². The number of azo groups is 1. The summed E-state index contributed by atoms with van der Waals surface area (Å²) in [6.45, 7) is 1.79. The fourth-order valence-corrected chi connectivity index (χ4v) is 4.30. The number of hydrogen-bond donors (Lipinski definition) is 3. The van der Waals surface area contributed by atoms with E-state index in [2.05, 4.69) is 10.2 Å². The summed E-state index contributed by atoms with van der Waals surface area (Å²) in [6.07, 6.45) is 0.463. The Bertz CT molecular complexity index is 1400. The average Bonchev–Trinajstić information content (AvgIpc) is 2.65. The molecule has 0 amide bonds. The summed E-state index contributed by atoms with van der Waals surface area (Å²) in [5.74, 6) is -0.302. The third-order valence-electron chi connectivity index (χ3n) is 4.28. The van der Waals surface area contributed by atoms with E-state index < -0.39 is 25.1 Å². The number of aromatic hydroxyl groups is 1. The van der Waals surface area contributed by atoms with E-state index >= 15 is 0 Å². The molecule has 3 aromatic carbocycles. The van der Waals surface area contributed by atoms with Crippen molar-refractivity contribution >= 4 is 54.0 Å². The minimum atomic E-state index is -4.66. The molecule has 3 N–H and O–H groups in total. The van der Waals surface area contributed by atoms with Crippen LogP contribution in [0.2, 0.25) is 5.02 Å². The smallest absolute Gasteiger partial charge is 0.296 e. The first-order valence-corrected chi connectivity index (χ1v) is 11.6. The van der Waals surface area contributed by atoms with Gasteiger partial charge < -0.3 is 5.11 Å². The third kappa shape index (κ3) is 4.45. The summed E-state index contributed by atoms with van der Waals surface area (Å²) in [7, 11) is -9.08. The van der Waals surface area contributed by atoms with E-state index in [1.807, 2.05) is 0 Å². The number of nitrogens with zero attached hydrogens (tertiary/aromatic N) is 2. The lowest BCUT2D eigenvalue weighted by atomic mass is 10.1. The van der Waals surface area contributed by atoms with Crippen LogP contribution in [0.5, 0.6) is 5.75 Å². The van der Waals surface area contributed by atoms with Gasteiger partial charge in [-0.15, -0.1) is 10.2 Å². The molecule has 30 heavy (non-hydrogen) atoms. The molecule has 3 aromatic rings. The Morgan fingerprint density at radius 1 is 0.933 bits per heavy atom. The SMILES string of the molecule is CCc1cc(N=Nc2c(O)ccc3cc(S(=O)(=O)O)ccc23)c(S(=O)(=O)O)cc1Cl. The van der Waals surface area contributed by atoms with Gasteiger partial charge in [0.2, 0.25) is 0 Å². The second-order valence-electron chi connectivity index (χ2n) is 6.23. The van der Waals surface area contributed by atoms with Gasteiger partial charge in [0.1, 0.15) is 22.0 Å². The first-order chi connectivity index (χ1) is 13.9. The van der Waals surface area contributed by atoms with E-state index in [4.69, 9.17) is 11.6 Å². The van der Waals surface area contributed by atoms with Crippen LogP contribution in [0.15, 0.2) is 62.5 Å². The van der Waals surface area contributed by atoms with Crippen molar-refractivity contribution in [1.29, 1.82) is 0 Å². The molecule has 0 aliphatic rings. The average molecular weight is 471 g/mol. The summed E-state index contributed by atoms with van der Waals surface area (Å²) in [5.41, 5.74) is 0.311. The van der Waals surface area contributed by atoms with Gasteiger partial charge in [-0.3, -0.25) is 9.11 Å². The second kappa shape index (κ2) is 7.93. The predicted molar refractivity (Wildman–Crippen MR) is 110 cm³/mol. The molecular weight excluding hydrogens is 456 g/mol. The number of benzene rings is 3. The number of phenolic OH excluding ortho intramolecular Hbond substituents is 1. The van der Waals surface area contributed by atoms with Crippen LogP contribution in [0.25, 0.3) is 10.8 Å². The molecule has 0 aliphatic carbocycles. The molecule has 0 spiro atoms. The van der Waals surface area contributed by atoms with Gasteiger partial charge in [-0.1, -0.05) is 30.7 Å². The minimum Gasteiger partial charge on any atom is -0.506 e. The van der Waals surface area contributed by atoms with Crippen LogP contribution < -0.4 is 0 Å². The van der Waals surface area contributed by atoms with Gasteiger partial charge in [0.25, 0.3) is 20.2 Å². The van der Waals surface area contributed by atoms with Crippen molar-refractivity contribution in [2.45, 2.75) is 23.1 Å². The molecule has 0 unspecified atom stereocenters. The fourth-order valence-electron chi connectivity index (χ4n) is 2.79. The standard InChI is InChI=1S/C18H15ClN2O7S2/c1-2-10-8-15(17(9-14(10)19)30(26,27)28)20-21-18-13-5-4-12(29(23,24)25)7-11(13)3-6-16(18)22/h3-9,22H,2H2,1H3,(H,23,24,25)(H,26,27,28). The first kappa shape index (κ1) is 22.1. The molecule has 0 bridgehead atoms. The molecular formula is C18H15ClN2O7S2. The van der Waals surface area contributed by atoms with E-state index in [1.54, 1.807) is 6.92 Å². The molecule has 158 valence electrons. The van der Waals surface area contributed by atoms with Crippen LogP contribution in [0, 0.1) is 0 Å². The largest absolute Gasteiger partial charge is 0.506 e. The number of halogens is 1. The summed E-state index contributed by atoms with van der Waals surface area (Å²) in [6, 6.07) is 8.70. The Kier molecular flexibility index (Phi) is 5.85. The molecule has 0 aliphatic heterocycles. The second-order valence-corrected chi connectivity index (χ2v) is 9.45. The lowest BCUT2D eigenvalue weighted by Gasteiger charge is -2.08. The summed E-state index contributed by atoms with van der Waals surface area (Å²) < 4.78 is 64.7. The van der Waals surface area contributed by atoms with E-state index in [-0.39, 0.29) is 27.0 Å². The summed E-state index contributed by atoms with van der Waals surface area (Å²) in [5, 5.41) is 18.7. The van der Waals surface area contributed by atoms with E-state index in [0.717, 1.165) is 12.1 Å². The Hall–Kier alpha value is -2.57. The molecule has 0 aromatic heterocycles. The number of phenols is 1. The van der Waals surface area contributed by atoms with E-state index in [9.17, 15) is 31.0 Å². The number of hydrogen-bond acceptors (Lipinski definition) is 7. The topological polar surface area (TPSA) is 154 Å². The maximum absolute atomic E-state index is 11.7. The third-order valence-corrected chi connectivity index (χ3v) is 6.37. The summed E-state index contributed by atoms with van der Waals surface area (Å²) >= 11 is 6.02. The van der Waals surface area contributed by atoms with Gasteiger partial charge in [0.05, 0.1) is 4.90 Å². The highest BCUT2D eigenvalue weighted by atomic mass is 35.5. The van der Waals surface area contributed by atoms with Gasteiger partial charge in [-0.2, -0.15) is 16.8 Å². The Morgan fingerprint density at radius 3 is 2.23 bits per heavy atom. The maximum atomic E-state index is 11.7. The van der Waals surface area contributed by atoms with Crippen molar-refractivity contribution in [1.82, 2.24) is 0 Å². The van der Waals surface area contributed by atoms with Crippen LogP contribution in [-0.2, 0) is 26.7 Å². The highest BCUT2D eigenvalue weighted by molar-refractivity contribution is 7.86. The normalized spacial score (nSPS) is 12.7. The van der Waals surface area contributed by atoms with Crippen LogP contribution in [0.3, 0.4) is 0 Å². The van der Waals surface area contributed by atoms with Crippen molar-refractivity contribution in [2.75, 3.05) is 0 Å². The predicted octanol–water partition coefficient (Wildman–Crippen LogP) is 4.67. The lowest BCUT2D eigenvalue weighted by molar-refractivity contribution is 0.477. The van der Waals surface area contributed by atoms with Crippen LogP contribution in [0.1, 0.15) is 12.5 Å². The molecule has 0 saturated carbocycles. The highest BCUT2D eigenvalue weighted by Gasteiger charge is 2.19. The minimum absolute atomic E-state index is 0.0660. The van der Waals surface area contributed by atoms with Crippen LogP contribution in [0.4, 0.5) is 11.4 Å². The quantitative estimate of drug-likeness (QED) is 0.361. The van der Waals surface area contributed by atoms with Crippen molar-refractivity contribution in [3.05, 3.63) is 53.1 Å². The lowest BCUT2D eigenvalue weighted by Crippen LogP contribution is -1.99. The zero-order chi connectivity index (χ0) is 22.3. The Morgan fingerprint density at radius 2 is 1.63 bits per heavy atom. The maximum Gasteiger partial charge on any atom is 0.296 e. The van der Waals surface area contributed by atoms with E-state index in [0.29, 0.717) is 22.8 Å². The monoisotopic (exact) mass is 470 g/mol. The first-order valence-electron chi connectivity index (χ1n) is 8.36. The van der Waals surface area contributed by atoms with Gasteiger partial charge in [-0.05, 0) is 47.7 Å². The number of aryl methyl sites for hydroxylation is 1. The van der Waals surface area contributed by atoms with Crippen molar-refractivity contribution < 1.29 is 31.0 Å². The van der Waals surface area contributed by atoms with Crippen molar-refractivity contribution in [3.63, 3.8) is 0 Å². The number of fused-ring (bicyclic) bond motifs is 1. The Balaban J connectivity index is 2.20. The fraction of sp³-hybridized carbons (Fsp3) is 0.111. The summed E-state index contributed by atoms with van der Waals surface area (Å²) in [4.78, 5) is -0.899. The molecule has 12 heteroatoms. The van der Waals surface area contributed by atoms with Crippen molar-refractivity contribution in [2.24, 2.45) is 10.2 Å². The molecule has 0 radical (unpaired) electrons. The van der Waals surface area contributed by atoms with Crippen LogP contribution in [-0.4, -0.2) is 31.0 Å². The molecule has 0 saturated heterocycles. The van der Waals surface area contributed by atoms with Gasteiger partial charge in [0, 0.05) is 10.4 Å². The highest BCUT2D eigenvalue weighted by Crippen LogP contribution is 2.38. The van der Waals surface area contributed by atoms with Crippen molar-refractivity contribution in [3.8, 4) is 5.75 Å². The zero-order valence-corrected chi connectivity index (χ0v) is 17.7. The number of rotatable bonds is 5. The van der Waals surface area contributed by atoms with Gasteiger partial charge in [0.15, 0.2) is 0 Å². The van der Waals surface area contributed by atoms with Gasteiger partial charge in [-0.25, -0.2) is 0 Å². The molecule has 0 heterocycles. The van der Waals surface area contributed by atoms with Gasteiger partial charge >= 0.3 is 0 Å². The zero-order valence-electron chi connectivity index (χ0n) is 15.3.